The Morgan fingerprint density at radius 3 is 2.67 bits per heavy atom. The molecule has 0 saturated carbocycles. The fourth-order valence-electron chi connectivity index (χ4n) is 1.76. The van der Waals surface area contributed by atoms with Gasteiger partial charge in [0.15, 0.2) is 0 Å². The lowest BCUT2D eigenvalue weighted by Crippen LogP contribution is -2.08. The molecule has 0 aliphatic rings. The second-order valence-corrected chi connectivity index (χ2v) is 4.39. The first-order valence-electron chi connectivity index (χ1n) is 6.00. The summed E-state index contributed by atoms with van der Waals surface area (Å²) < 4.78 is 26.9. The molecule has 0 saturated heterocycles. The third-order valence-corrected chi connectivity index (χ3v) is 2.82. The lowest BCUT2D eigenvalue weighted by Gasteiger charge is -2.10. The number of halogens is 2. The number of hydrogen-bond acceptors (Lipinski definition) is 4. The van der Waals surface area contributed by atoms with Crippen LogP contribution >= 0.6 is 0 Å². The summed E-state index contributed by atoms with van der Waals surface area (Å²) in [4.78, 5) is 14.9. The first kappa shape index (κ1) is 14.7. The number of aryl methyl sites for hydroxylation is 1. The van der Waals surface area contributed by atoms with E-state index in [0.717, 1.165) is 6.07 Å². The van der Waals surface area contributed by atoms with Crippen molar-refractivity contribution in [3.8, 4) is 5.75 Å². The van der Waals surface area contributed by atoms with E-state index in [1.54, 1.807) is 13.0 Å². The van der Waals surface area contributed by atoms with Crippen LogP contribution in [0.1, 0.15) is 21.7 Å². The lowest BCUT2D eigenvalue weighted by molar-refractivity contribution is 0.0692. The number of nitrogens with one attached hydrogen (secondary N) is 1. The van der Waals surface area contributed by atoms with E-state index in [2.05, 4.69) is 10.3 Å². The van der Waals surface area contributed by atoms with Crippen LogP contribution in [0.5, 0.6) is 5.75 Å². The Kier molecular flexibility index (Phi) is 4.02. The van der Waals surface area contributed by atoms with Crippen molar-refractivity contribution in [2.75, 3.05) is 5.32 Å². The Labute approximate surface area is 118 Å². The summed E-state index contributed by atoms with van der Waals surface area (Å²) in [5.74, 6) is -3.65. The summed E-state index contributed by atoms with van der Waals surface area (Å²) in [5.41, 5.74) is 0.114. The molecule has 7 heteroatoms. The summed E-state index contributed by atoms with van der Waals surface area (Å²) in [6.07, 6.45) is 0. The maximum atomic E-state index is 13.6. The average Bonchev–Trinajstić information content (AvgIpc) is 2.41. The first-order chi connectivity index (χ1) is 9.88. The van der Waals surface area contributed by atoms with Crippen molar-refractivity contribution < 1.29 is 23.8 Å². The van der Waals surface area contributed by atoms with Crippen molar-refractivity contribution in [3.63, 3.8) is 0 Å². The van der Waals surface area contributed by atoms with Crippen LogP contribution in [0.25, 0.3) is 0 Å². The Bertz CT molecular complexity index is 705. The lowest BCUT2D eigenvalue weighted by atomic mass is 10.1. The highest BCUT2D eigenvalue weighted by atomic mass is 19.1. The van der Waals surface area contributed by atoms with Crippen molar-refractivity contribution >= 4 is 11.7 Å². The quantitative estimate of drug-likeness (QED) is 0.807. The maximum absolute atomic E-state index is 13.6. The number of aromatic carboxylic acids is 1. The van der Waals surface area contributed by atoms with Gasteiger partial charge in [0.1, 0.15) is 23.1 Å². The van der Waals surface area contributed by atoms with Gasteiger partial charge in [-0.2, -0.15) is 0 Å². The van der Waals surface area contributed by atoms with E-state index in [4.69, 9.17) is 5.11 Å². The number of benzene rings is 1. The maximum Gasteiger partial charge on any atom is 0.338 e. The molecule has 110 valence electrons. The second kappa shape index (κ2) is 5.74. The highest BCUT2D eigenvalue weighted by Crippen LogP contribution is 2.22. The molecule has 21 heavy (non-hydrogen) atoms. The molecule has 5 nitrogen and oxygen atoms in total. The molecule has 0 aliphatic heterocycles. The van der Waals surface area contributed by atoms with E-state index in [0.29, 0.717) is 11.8 Å². The molecular weight excluding hydrogens is 282 g/mol. The van der Waals surface area contributed by atoms with E-state index >= 15 is 0 Å². The number of carbonyl (C=O) groups is 1. The van der Waals surface area contributed by atoms with Crippen LogP contribution in [0, 0.1) is 18.6 Å². The summed E-state index contributed by atoms with van der Waals surface area (Å²) in [6.45, 7) is 1.69. The van der Waals surface area contributed by atoms with Gasteiger partial charge in [-0.25, -0.2) is 13.6 Å². The fourth-order valence-corrected chi connectivity index (χ4v) is 1.76. The number of pyridine rings is 1. The number of rotatable bonds is 4. The minimum Gasteiger partial charge on any atom is -0.506 e. The van der Waals surface area contributed by atoms with Gasteiger partial charge in [-0.3, -0.25) is 4.98 Å². The van der Waals surface area contributed by atoms with Crippen LogP contribution in [-0.2, 0) is 6.54 Å². The van der Waals surface area contributed by atoms with Crippen molar-refractivity contribution in [1.82, 2.24) is 4.98 Å². The Morgan fingerprint density at radius 2 is 2.00 bits per heavy atom. The topological polar surface area (TPSA) is 82.5 Å². The Morgan fingerprint density at radius 1 is 1.29 bits per heavy atom. The zero-order valence-corrected chi connectivity index (χ0v) is 11.0. The Balaban J connectivity index is 2.25. The van der Waals surface area contributed by atoms with Gasteiger partial charge >= 0.3 is 5.97 Å². The number of nitrogens with zero attached hydrogens (tertiary/aromatic N) is 1. The molecule has 1 aromatic heterocycles. The predicted molar refractivity (Wildman–Crippen MR) is 71.3 cm³/mol. The van der Waals surface area contributed by atoms with Gasteiger partial charge in [-0.15, -0.1) is 0 Å². The average molecular weight is 294 g/mol. The molecule has 2 aromatic rings. The number of hydrogen-bond donors (Lipinski definition) is 3. The molecule has 0 radical (unpaired) electrons. The molecule has 0 spiro atoms. The summed E-state index contributed by atoms with van der Waals surface area (Å²) in [5, 5.41) is 21.0. The van der Waals surface area contributed by atoms with Gasteiger partial charge in [-0.05, 0) is 25.1 Å². The second-order valence-electron chi connectivity index (χ2n) is 4.39. The smallest absolute Gasteiger partial charge is 0.338 e. The van der Waals surface area contributed by atoms with Gasteiger partial charge in [-0.1, -0.05) is 0 Å². The van der Waals surface area contributed by atoms with Crippen molar-refractivity contribution in [2.45, 2.75) is 13.5 Å². The SMILES string of the molecule is Cc1ccc(O)c(CNc2cc(C(=O)O)c(F)cc2F)n1. The molecule has 0 aliphatic carbocycles. The molecule has 3 N–H and O–H groups in total. The van der Waals surface area contributed by atoms with Crippen LogP contribution in [0.3, 0.4) is 0 Å². The van der Waals surface area contributed by atoms with Crippen LogP contribution in [0.4, 0.5) is 14.5 Å². The van der Waals surface area contributed by atoms with E-state index in [1.165, 1.54) is 6.07 Å². The van der Waals surface area contributed by atoms with Gasteiger partial charge < -0.3 is 15.5 Å². The molecule has 0 amide bonds. The zero-order valence-electron chi connectivity index (χ0n) is 11.0. The van der Waals surface area contributed by atoms with Crippen LogP contribution in [0.2, 0.25) is 0 Å². The third-order valence-electron chi connectivity index (χ3n) is 2.82. The van der Waals surface area contributed by atoms with E-state index in [-0.39, 0.29) is 23.7 Å². The van der Waals surface area contributed by atoms with Gasteiger partial charge in [0.05, 0.1) is 17.8 Å². The minimum absolute atomic E-state index is 0.0326. The zero-order chi connectivity index (χ0) is 15.6. The summed E-state index contributed by atoms with van der Waals surface area (Å²) in [6, 6.07) is 4.41. The molecule has 0 atom stereocenters. The third kappa shape index (κ3) is 3.25. The molecule has 0 unspecified atom stereocenters. The highest BCUT2D eigenvalue weighted by molar-refractivity contribution is 5.89. The molecule has 1 heterocycles. The van der Waals surface area contributed by atoms with Crippen LogP contribution < -0.4 is 5.32 Å². The molecule has 0 fully saturated rings. The molecule has 0 bridgehead atoms. The van der Waals surface area contributed by atoms with E-state index in [9.17, 15) is 18.7 Å². The van der Waals surface area contributed by atoms with E-state index < -0.39 is 23.2 Å². The van der Waals surface area contributed by atoms with Crippen molar-refractivity contribution in [2.24, 2.45) is 0 Å². The summed E-state index contributed by atoms with van der Waals surface area (Å²) >= 11 is 0. The van der Waals surface area contributed by atoms with Crippen LogP contribution in [-0.4, -0.2) is 21.2 Å². The number of aromatic nitrogens is 1. The van der Waals surface area contributed by atoms with E-state index in [1.807, 2.05) is 0 Å². The normalized spacial score (nSPS) is 10.4. The van der Waals surface area contributed by atoms with Crippen molar-refractivity contribution in [1.29, 1.82) is 0 Å². The first-order valence-corrected chi connectivity index (χ1v) is 6.00. The summed E-state index contributed by atoms with van der Waals surface area (Å²) in [7, 11) is 0. The van der Waals surface area contributed by atoms with Crippen molar-refractivity contribution in [3.05, 3.63) is 52.9 Å². The largest absolute Gasteiger partial charge is 0.506 e. The highest BCUT2D eigenvalue weighted by Gasteiger charge is 2.15. The van der Waals surface area contributed by atoms with Gasteiger partial charge in [0.25, 0.3) is 0 Å². The van der Waals surface area contributed by atoms with Crippen LogP contribution in [0.15, 0.2) is 24.3 Å². The van der Waals surface area contributed by atoms with Gasteiger partial charge in [0.2, 0.25) is 0 Å². The standard InChI is InChI=1S/C14H12F2N2O3/c1-7-2-3-13(19)12(18-7)6-17-11-4-8(14(20)21)9(15)5-10(11)16/h2-5,17,19H,6H2,1H3,(H,20,21). The minimum atomic E-state index is -1.49. The predicted octanol–water partition coefficient (Wildman–Crippen LogP) is 2.68. The fraction of sp³-hybridized carbons (Fsp3) is 0.143. The molecule has 2 rings (SSSR count). The molecular formula is C14H12F2N2O3. The number of carboxylic acid groups (broad SMARTS) is 1. The van der Waals surface area contributed by atoms with Gasteiger partial charge in [0, 0.05) is 11.8 Å². The number of aromatic hydroxyl groups is 1. The number of carboxylic acids is 1. The number of anilines is 1. The molecule has 1 aromatic carbocycles. The monoisotopic (exact) mass is 294 g/mol. The Hall–Kier alpha value is -2.70.